The fourth-order valence-corrected chi connectivity index (χ4v) is 1.96. The number of aromatic nitrogens is 1. The quantitative estimate of drug-likeness (QED) is 0.802. The summed E-state index contributed by atoms with van der Waals surface area (Å²) in [7, 11) is 0. The highest BCUT2D eigenvalue weighted by atomic mass is 35.5. The highest BCUT2D eigenvalue weighted by molar-refractivity contribution is 6.29. The molecule has 1 aliphatic rings. The summed E-state index contributed by atoms with van der Waals surface area (Å²) < 4.78 is 5.44. The maximum absolute atomic E-state index is 8.81. The number of anilines is 1. The number of nitriles is 1. The van der Waals surface area contributed by atoms with Crippen LogP contribution in [0.3, 0.4) is 0 Å². The lowest BCUT2D eigenvalue weighted by Gasteiger charge is -2.16. The summed E-state index contributed by atoms with van der Waals surface area (Å²) in [6.07, 6.45) is 1.10. The van der Waals surface area contributed by atoms with Crippen molar-refractivity contribution in [3.63, 3.8) is 0 Å². The van der Waals surface area contributed by atoms with Crippen LogP contribution in [0.2, 0.25) is 5.15 Å². The Balaban J connectivity index is 2.15. The minimum absolute atomic E-state index is 0.159. The second-order valence-corrected chi connectivity index (χ2v) is 4.18. The summed E-state index contributed by atoms with van der Waals surface area (Å²) in [5.74, 6) is 0.631. The van der Waals surface area contributed by atoms with Crippen molar-refractivity contribution in [2.24, 2.45) is 0 Å². The van der Waals surface area contributed by atoms with Crippen LogP contribution in [0.25, 0.3) is 0 Å². The second-order valence-electron chi connectivity index (χ2n) is 3.79. The van der Waals surface area contributed by atoms with Gasteiger partial charge in [0.2, 0.25) is 0 Å². The maximum Gasteiger partial charge on any atom is 0.132 e. The van der Waals surface area contributed by atoms with Crippen molar-refractivity contribution in [2.75, 3.05) is 11.9 Å². The standard InChI is InChI=1S/C11H12ClN3O/c1-7-9(2-3-16-7)14-11-5-8(6-13)4-10(12)15-11/h4-5,7,9H,2-3H2,1H3,(H,14,15). The van der Waals surface area contributed by atoms with E-state index in [9.17, 15) is 0 Å². The average molecular weight is 238 g/mol. The highest BCUT2D eigenvalue weighted by Gasteiger charge is 2.24. The SMILES string of the molecule is CC1OCCC1Nc1cc(C#N)cc(Cl)n1. The number of nitrogens with one attached hydrogen (secondary N) is 1. The van der Waals surface area contributed by atoms with Crippen LogP contribution in [0.5, 0.6) is 0 Å². The van der Waals surface area contributed by atoms with E-state index < -0.39 is 0 Å². The van der Waals surface area contributed by atoms with Gasteiger partial charge < -0.3 is 10.1 Å². The third-order valence-corrected chi connectivity index (χ3v) is 2.83. The smallest absolute Gasteiger partial charge is 0.132 e. The first-order chi connectivity index (χ1) is 7.69. The van der Waals surface area contributed by atoms with Crippen LogP contribution in [-0.4, -0.2) is 23.7 Å². The number of hydrogen-bond acceptors (Lipinski definition) is 4. The average Bonchev–Trinajstić information content (AvgIpc) is 2.63. The first-order valence-corrected chi connectivity index (χ1v) is 5.52. The molecular formula is C11H12ClN3O. The van der Waals surface area contributed by atoms with Gasteiger partial charge in [-0.05, 0) is 25.5 Å². The molecule has 2 unspecified atom stereocenters. The molecule has 16 heavy (non-hydrogen) atoms. The zero-order chi connectivity index (χ0) is 11.5. The molecule has 0 amide bonds. The molecule has 1 aliphatic heterocycles. The van der Waals surface area contributed by atoms with E-state index in [0.29, 0.717) is 16.5 Å². The van der Waals surface area contributed by atoms with Gasteiger partial charge in [0.25, 0.3) is 0 Å². The predicted octanol–water partition coefficient (Wildman–Crippen LogP) is 2.20. The summed E-state index contributed by atoms with van der Waals surface area (Å²) in [5.41, 5.74) is 0.508. The number of hydrogen-bond donors (Lipinski definition) is 1. The molecule has 0 aliphatic carbocycles. The molecule has 1 fully saturated rings. The van der Waals surface area contributed by atoms with Gasteiger partial charge in [0.15, 0.2) is 0 Å². The maximum atomic E-state index is 8.81. The van der Waals surface area contributed by atoms with Crippen LogP contribution >= 0.6 is 11.6 Å². The molecule has 5 heteroatoms. The minimum Gasteiger partial charge on any atom is -0.376 e. The fourth-order valence-electron chi connectivity index (χ4n) is 1.75. The molecule has 2 rings (SSSR count). The first kappa shape index (κ1) is 11.2. The van der Waals surface area contributed by atoms with Crippen LogP contribution in [0.1, 0.15) is 18.9 Å². The number of nitrogens with zero attached hydrogens (tertiary/aromatic N) is 2. The Morgan fingerprint density at radius 2 is 2.44 bits per heavy atom. The lowest BCUT2D eigenvalue weighted by atomic mass is 10.1. The topological polar surface area (TPSA) is 57.9 Å². The molecule has 84 valence electrons. The van der Waals surface area contributed by atoms with Crippen molar-refractivity contribution in [1.29, 1.82) is 5.26 Å². The molecular weight excluding hydrogens is 226 g/mol. The molecule has 0 aromatic carbocycles. The largest absolute Gasteiger partial charge is 0.376 e. The Bertz CT molecular complexity index is 430. The molecule has 0 radical (unpaired) electrons. The zero-order valence-electron chi connectivity index (χ0n) is 8.90. The van der Waals surface area contributed by atoms with Crippen LogP contribution in [-0.2, 0) is 4.74 Å². The van der Waals surface area contributed by atoms with Crippen molar-refractivity contribution in [3.8, 4) is 6.07 Å². The van der Waals surface area contributed by atoms with Crippen molar-refractivity contribution >= 4 is 17.4 Å². The van der Waals surface area contributed by atoms with E-state index >= 15 is 0 Å². The van der Waals surface area contributed by atoms with Gasteiger partial charge >= 0.3 is 0 Å². The van der Waals surface area contributed by atoms with E-state index in [0.717, 1.165) is 13.0 Å². The second kappa shape index (κ2) is 4.69. The summed E-state index contributed by atoms with van der Waals surface area (Å²) in [4.78, 5) is 4.13. The van der Waals surface area contributed by atoms with Crippen LogP contribution < -0.4 is 5.32 Å². The molecule has 1 aromatic heterocycles. The summed E-state index contributed by atoms with van der Waals surface area (Å²) >= 11 is 5.82. The van der Waals surface area contributed by atoms with Crippen molar-refractivity contribution in [2.45, 2.75) is 25.5 Å². The Morgan fingerprint density at radius 3 is 3.06 bits per heavy atom. The van der Waals surface area contributed by atoms with Crippen molar-refractivity contribution < 1.29 is 4.74 Å². The lowest BCUT2D eigenvalue weighted by molar-refractivity contribution is 0.121. The highest BCUT2D eigenvalue weighted by Crippen LogP contribution is 2.20. The van der Waals surface area contributed by atoms with Gasteiger partial charge in [-0.1, -0.05) is 11.6 Å². The van der Waals surface area contributed by atoms with E-state index in [1.54, 1.807) is 12.1 Å². The number of ether oxygens (including phenoxy) is 1. The third kappa shape index (κ3) is 2.43. The van der Waals surface area contributed by atoms with E-state index in [1.165, 1.54) is 0 Å². The normalized spacial score (nSPS) is 24.1. The van der Waals surface area contributed by atoms with Crippen LogP contribution in [0.4, 0.5) is 5.82 Å². The number of pyridine rings is 1. The molecule has 1 saturated heterocycles. The monoisotopic (exact) mass is 237 g/mol. The van der Waals surface area contributed by atoms with Gasteiger partial charge in [-0.25, -0.2) is 4.98 Å². The first-order valence-electron chi connectivity index (χ1n) is 5.15. The van der Waals surface area contributed by atoms with Gasteiger partial charge in [-0.2, -0.15) is 5.26 Å². The van der Waals surface area contributed by atoms with Crippen LogP contribution in [0.15, 0.2) is 12.1 Å². The molecule has 2 atom stereocenters. The van der Waals surface area contributed by atoms with E-state index in [4.69, 9.17) is 21.6 Å². The van der Waals surface area contributed by atoms with E-state index in [2.05, 4.69) is 10.3 Å². The predicted molar refractivity (Wildman–Crippen MR) is 61.4 cm³/mol. The van der Waals surface area contributed by atoms with Gasteiger partial charge in [0.1, 0.15) is 11.0 Å². The Morgan fingerprint density at radius 1 is 1.62 bits per heavy atom. The summed E-state index contributed by atoms with van der Waals surface area (Å²) in [6, 6.07) is 5.52. The zero-order valence-corrected chi connectivity index (χ0v) is 9.66. The van der Waals surface area contributed by atoms with E-state index in [1.807, 2.05) is 13.0 Å². The number of halogens is 1. The van der Waals surface area contributed by atoms with Gasteiger partial charge in [0, 0.05) is 6.61 Å². The molecule has 1 aromatic rings. The summed E-state index contributed by atoms with van der Waals surface area (Å²) in [5, 5.41) is 12.4. The van der Waals surface area contributed by atoms with E-state index in [-0.39, 0.29) is 12.1 Å². The Hall–Kier alpha value is -1.31. The molecule has 0 spiro atoms. The molecule has 1 N–H and O–H groups in total. The number of rotatable bonds is 2. The molecule has 0 bridgehead atoms. The lowest BCUT2D eigenvalue weighted by Crippen LogP contribution is -2.27. The van der Waals surface area contributed by atoms with Gasteiger partial charge in [0.05, 0.1) is 23.8 Å². The van der Waals surface area contributed by atoms with Crippen molar-refractivity contribution in [1.82, 2.24) is 4.98 Å². The Labute approximate surface area is 99.2 Å². The fraction of sp³-hybridized carbons (Fsp3) is 0.455. The van der Waals surface area contributed by atoms with Crippen molar-refractivity contribution in [3.05, 3.63) is 22.8 Å². The molecule has 2 heterocycles. The summed E-state index contributed by atoms with van der Waals surface area (Å²) in [6.45, 7) is 2.77. The van der Waals surface area contributed by atoms with Gasteiger partial charge in [-0.3, -0.25) is 0 Å². The molecule has 4 nitrogen and oxygen atoms in total. The Kier molecular flexibility index (Phi) is 3.28. The minimum atomic E-state index is 0.159. The molecule has 0 saturated carbocycles. The van der Waals surface area contributed by atoms with Gasteiger partial charge in [-0.15, -0.1) is 0 Å². The third-order valence-electron chi connectivity index (χ3n) is 2.63. The van der Waals surface area contributed by atoms with Crippen LogP contribution in [0, 0.1) is 11.3 Å².